The van der Waals surface area contributed by atoms with E-state index in [0.29, 0.717) is 10.7 Å². The number of hydrogen-bond donors (Lipinski definition) is 2. The lowest BCUT2D eigenvalue weighted by Gasteiger charge is -2.33. The lowest BCUT2D eigenvalue weighted by molar-refractivity contribution is -0.146. The first-order valence-corrected chi connectivity index (χ1v) is 10.1. The van der Waals surface area contributed by atoms with Crippen LogP contribution in [0.1, 0.15) is 5.56 Å². The molecule has 11 heteroatoms. The number of fused-ring (bicyclic) bond motifs is 2. The van der Waals surface area contributed by atoms with E-state index in [0.717, 1.165) is 5.56 Å². The Balaban J connectivity index is 2.10. The third-order valence-electron chi connectivity index (χ3n) is 4.92. The number of carbonyl (C=O) groups excluding carboxylic acids is 1. The molecule has 4 atom stereocenters. The SMILES string of the molecule is Cc1ccc(NC(=O)[C@H]2[C@@H](C(=O)O)[C@]3(Cl)C(Cl)=C(Cl)[C@]2(Cl)C3(Cl)Cl)cc1Cl. The smallest absolute Gasteiger partial charge is 0.309 e. The minimum absolute atomic E-state index is 0.259. The van der Waals surface area contributed by atoms with Gasteiger partial charge in [-0.25, -0.2) is 0 Å². The molecule has 1 aromatic carbocycles. The average molecular weight is 512 g/mol. The molecule has 2 aliphatic rings. The Kier molecular flexibility index (Phi) is 5.39. The monoisotopic (exact) mass is 509 g/mol. The van der Waals surface area contributed by atoms with Crippen molar-refractivity contribution in [1.82, 2.24) is 0 Å². The fourth-order valence-corrected chi connectivity index (χ4v) is 6.63. The molecule has 1 fully saturated rings. The number of benzene rings is 1. The molecule has 1 saturated carbocycles. The van der Waals surface area contributed by atoms with Crippen molar-refractivity contribution in [3.8, 4) is 0 Å². The molecule has 1 amide bonds. The fraction of sp³-hybridized carbons (Fsp3) is 0.375. The Labute approximate surface area is 189 Å². The maximum atomic E-state index is 13.0. The Bertz CT molecular complexity index is 902. The third-order valence-corrected chi connectivity index (χ3v) is 9.59. The average Bonchev–Trinajstić information content (AvgIpc) is 2.78. The summed E-state index contributed by atoms with van der Waals surface area (Å²) in [5, 5.41) is 12.2. The summed E-state index contributed by atoms with van der Waals surface area (Å²) in [5.74, 6) is -5.35. The number of aliphatic carboxylic acids is 1. The number of hydrogen-bond acceptors (Lipinski definition) is 2. The maximum absolute atomic E-state index is 13.0. The van der Waals surface area contributed by atoms with Crippen LogP contribution in [-0.4, -0.2) is 31.1 Å². The number of rotatable bonds is 3. The van der Waals surface area contributed by atoms with Gasteiger partial charge < -0.3 is 10.4 Å². The number of aryl methyl sites for hydroxylation is 1. The van der Waals surface area contributed by atoms with Gasteiger partial charge in [-0.05, 0) is 24.6 Å². The highest BCUT2D eigenvalue weighted by atomic mass is 35.5. The highest BCUT2D eigenvalue weighted by Gasteiger charge is 2.85. The number of carbonyl (C=O) groups is 2. The lowest BCUT2D eigenvalue weighted by Crippen LogP contribution is -2.47. The molecule has 0 heterocycles. The van der Waals surface area contributed by atoms with Crippen LogP contribution in [0.4, 0.5) is 5.69 Å². The summed E-state index contributed by atoms with van der Waals surface area (Å²) in [6.45, 7) is 1.79. The molecular weight excluding hydrogens is 502 g/mol. The predicted octanol–water partition coefficient (Wildman–Crippen LogP) is 5.75. The van der Waals surface area contributed by atoms with E-state index >= 15 is 0 Å². The van der Waals surface area contributed by atoms with Gasteiger partial charge in [0.1, 0.15) is 9.75 Å². The van der Waals surface area contributed by atoms with E-state index in [1.807, 2.05) is 0 Å². The van der Waals surface area contributed by atoms with Crippen molar-refractivity contribution in [1.29, 1.82) is 0 Å². The predicted molar refractivity (Wildman–Crippen MR) is 110 cm³/mol. The van der Waals surface area contributed by atoms with Crippen LogP contribution in [0.3, 0.4) is 0 Å². The zero-order valence-corrected chi connectivity index (χ0v) is 18.6. The Hall–Kier alpha value is -0.0700. The molecule has 0 aliphatic heterocycles. The van der Waals surface area contributed by atoms with Crippen molar-refractivity contribution >= 4 is 98.8 Å². The molecule has 0 aromatic heterocycles. The quantitative estimate of drug-likeness (QED) is 0.507. The molecule has 4 nitrogen and oxygen atoms in total. The van der Waals surface area contributed by atoms with Crippen molar-refractivity contribution < 1.29 is 14.7 Å². The molecule has 2 N–H and O–H groups in total. The van der Waals surface area contributed by atoms with Crippen LogP contribution in [0.25, 0.3) is 0 Å². The van der Waals surface area contributed by atoms with Crippen LogP contribution in [0.2, 0.25) is 5.02 Å². The van der Waals surface area contributed by atoms with Crippen LogP contribution in [0.5, 0.6) is 0 Å². The Morgan fingerprint density at radius 3 is 2.00 bits per heavy atom. The number of allylic oxidation sites excluding steroid dienone is 2. The number of amides is 1. The molecule has 0 radical (unpaired) electrons. The van der Waals surface area contributed by atoms with Gasteiger partial charge in [0.15, 0.2) is 4.33 Å². The second kappa shape index (κ2) is 6.73. The van der Waals surface area contributed by atoms with Gasteiger partial charge in [0.05, 0.1) is 21.9 Å². The molecule has 3 rings (SSSR count). The van der Waals surface area contributed by atoms with Crippen LogP contribution in [0, 0.1) is 18.8 Å². The Morgan fingerprint density at radius 1 is 1.00 bits per heavy atom. The first kappa shape index (κ1) is 21.6. The van der Waals surface area contributed by atoms with Crippen molar-refractivity contribution in [3.05, 3.63) is 38.8 Å². The van der Waals surface area contributed by atoms with E-state index in [9.17, 15) is 14.7 Å². The topological polar surface area (TPSA) is 66.4 Å². The summed E-state index contributed by atoms with van der Waals surface area (Å²) in [6.07, 6.45) is 0. The first-order chi connectivity index (χ1) is 12.3. The van der Waals surface area contributed by atoms with E-state index < -0.39 is 37.8 Å². The molecule has 2 bridgehead atoms. The zero-order chi connectivity index (χ0) is 20.5. The van der Waals surface area contributed by atoms with E-state index in [1.54, 1.807) is 19.1 Å². The molecular formula is C16H10Cl7NO3. The van der Waals surface area contributed by atoms with Gasteiger partial charge in [-0.2, -0.15) is 0 Å². The van der Waals surface area contributed by atoms with Gasteiger partial charge in [-0.15, -0.1) is 23.2 Å². The molecule has 2 aliphatic carbocycles. The number of alkyl halides is 4. The molecule has 27 heavy (non-hydrogen) atoms. The number of halogens is 7. The standard InChI is InChI=1S/C16H10Cl7NO3/c1-5-2-3-6(4-7(5)17)24-12(25)8-9(13(26)27)15(21)11(19)10(18)14(8,20)16(15,22)23/h2-4,8-9H,1H3,(H,24,25)(H,26,27)/t8-,9+,14+,15+/m1/s1. The summed E-state index contributed by atoms with van der Waals surface area (Å²) in [6, 6.07) is 4.79. The van der Waals surface area contributed by atoms with Crippen molar-refractivity contribution in [2.75, 3.05) is 5.32 Å². The molecule has 0 unspecified atom stereocenters. The van der Waals surface area contributed by atoms with E-state index in [-0.39, 0.29) is 10.1 Å². The maximum Gasteiger partial charge on any atom is 0.309 e. The number of nitrogens with one attached hydrogen (secondary N) is 1. The summed E-state index contributed by atoms with van der Waals surface area (Å²) in [5.41, 5.74) is 1.12. The zero-order valence-electron chi connectivity index (χ0n) is 13.3. The highest BCUT2D eigenvalue weighted by Crippen LogP contribution is 2.76. The van der Waals surface area contributed by atoms with Crippen molar-refractivity contribution in [3.63, 3.8) is 0 Å². The normalized spacial score (nSPS) is 34.1. The van der Waals surface area contributed by atoms with Crippen LogP contribution in [0.15, 0.2) is 28.3 Å². The fourth-order valence-electron chi connectivity index (χ4n) is 3.52. The van der Waals surface area contributed by atoms with Crippen molar-refractivity contribution in [2.45, 2.75) is 21.0 Å². The van der Waals surface area contributed by atoms with Gasteiger partial charge >= 0.3 is 5.97 Å². The largest absolute Gasteiger partial charge is 0.481 e. The third kappa shape index (κ3) is 2.64. The summed E-state index contributed by atoms with van der Waals surface area (Å²) < 4.78 is -2.15. The molecule has 0 spiro atoms. The minimum atomic E-state index is -2.15. The second-order valence-corrected chi connectivity index (χ2v) is 10.1. The van der Waals surface area contributed by atoms with E-state index in [1.165, 1.54) is 6.07 Å². The summed E-state index contributed by atoms with van der Waals surface area (Å²) >= 11 is 44.1. The Morgan fingerprint density at radius 2 is 1.52 bits per heavy atom. The summed E-state index contributed by atoms with van der Waals surface area (Å²) in [4.78, 5) is 20.9. The molecule has 146 valence electrons. The van der Waals surface area contributed by atoms with Gasteiger partial charge in [0.2, 0.25) is 5.91 Å². The van der Waals surface area contributed by atoms with Gasteiger partial charge in [0.25, 0.3) is 0 Å². The lowest BCUT2D eigenvalue weighted by atomic mass is 9.81. The van der Waals surface area contributed by atoms with Gasteiger partial charge in [-0.1, -0.05) is 64.1 Å². The number of carboxylic acids is 1. The number of carboxylic acid groups (broad SMARTS) is 1. The first-order valence-electron chi connectivity index (χ1n) is 7.43. The number of anilines is 1. The van der Waals surface area contributed by atoms with E-state index in [4.69, 9.17) is 81.2 Å². The van der Waals surface area contributed by atoms with Crippen LogP contribution >= 0.6 is 81.2 Å². The molecule has 1 aromatic rings. The van der Waals surface area contributed by atoms with E-state index in [2.05, 4.69) is 5.32 Å². The molecule has 0 saturated heterocycles. The van der Waals surface area contributed by atoms with Gasteiger partial charge in [-0.3, -0.25) is 9.59 Å². The van der Waals surface area contributed by atoms with Crippen LogP contribution in [-0.2, 0) is 9.59 Å². The van der Waals surface area contributed by atoms with Crippen molar-refractivity contribution in [2.24, 2.45) is 11.8 Å². The minimum Gasteiger partial charge on any atom is -0.481 e. The van der Waals surface area contributed by atoms with Crippen LogP contribution < -0.4 is 5.32 Å². The second-order valence-electron chi connectivity index (χ2n) is 6.37. The van der Waals surface area contributed by atoms with Gasteiger partial charge in [0, 0.05) is 10.7 Å². The summed E-state index contributed by atoms with van der Waals surface area (Å²) in [7, 11) is 0. The highest BCUT2D eigenvalue weighted by molar-refractivity contribution is 6.66.